The minimum absolute atomic E-state index is 0.140. The van der Waals surface area contributed by atoms with E-state index in [9.17, 15) is 14.7 Å². The number of ether oxygens (including phenoxy) is 3. The lowest BCUT2D eigenvalue weighted by Gasteiger charge is -2.41. The van der Waals surface area contributed by atoms with E-state index >= 15 is 0 Å². The number of aliphatic carboxylic acids is 1. The summed E-state index contributed by atoms with van der Waals surface area (Å²) in [6, 6.07) is 15.0. The fraction of sp³-hybridized carbons (Fsp3) is 0.421. The maximum atomic E-state index is 12.8. The molecule has 2 aromatic carbocycles. The van der Waals surface area contributed by atoms with Gasteiger partial charge in [0.15, 0.2) is 11.8 Å². The molecule has 3 N–H and O–H groups in total. The van der Waals surface area contributed by atoms with Gasteiger partial charge in [0.1, 0.15) is 11.6 Å². The van der Waals surface area contributed by atoms with Crippen molar-refractivity contribution in [3.8, 4) is 28.1 Å². The first-order valence-corrected chi connectivity index (χ1v) is 16.8. The van der Waals surface area contributed by atoms with E-state index < -0.39 is 23.6 Å². The van der Waals surface area contributed by atoms with Gasteiger partial charge in [-0.25, -0.2) is 9.78 Å². The van der Waals surface area contributed by atoms with Gasteiger partial charge in [-0.05, 0) is 84.2 Å². The zero-order chi connectivity index (χ0) is 35.1. The Kier molecular flexibility index (Phi) is 9.25. The van der Waals surface area contributed by atoms with Crippen LogP contribution < -0.4 is 15.4 Å². The minimum atomic E-state index is -1.26. The van der Waals surface area contributed by atoms with E-state index in [1.165, 1.54) is 0 Å². The van der Waals surface area contributed by atoms with Gasteiger partial charge < -0.3 is 30.0 Å². The van der Waals surface area contributed by atoms with Crippen molar-refractivity contribution in [2.75, 3.05) is 24.6 Å². The van der Waals surface area contributed by atoms with Crippen molar-refractivity contribution in [2.45, 2.75) is 84.2 Å². The predicted octanol–water partition coefficient (Wildman–Crippen LogP) is 6.51. The van der Waals surface area contributed by atoms with E-state index in [2.05, 4.69) is 17.9 Å². The lowest BCUT2D eigenvalue weighted by Crippen LogP contribution is -2.45. The van der Waals surface area contributed by atoms with E-state index in [1.54, 1.807) is 22.7 Å². The van der Waals surface area contributed by atoms with Crippen LogP contribution in [0.1, 0.15) is 81.6 Å². The van der Waals surface area contributed by atoms with Gasteiger partial charge in [-0.2, -0.15) is 9.61 Å². The molecule has 3 aliphatic rings. The number of rotatable bonds is 4. The molecule has 4 aromatic rings. The van der Waals surface area contributed by atoms with Crippen LogP contribution >= 0.6 is 0 Å². The first kappa shape index (κ1) is 34.1. The summed E-state index contributed by atoms with van der Waals surface area (Å²) >= 11 is 0. The van der Waals surface area contributed by atoms with E-state index in [4.69, 9.17) is 30.0 Å². The summed E-state index contributed by atoms with van der Waals surface area (Å²) in [5, 5.41) is 15.5. The number of fused-ring (bicyclic) bond motifs is 7. The van der Waals surface area contributed by atoms with Gasteiger partial charge in [-0.1, -0.05) is 30.4 Å². The van der Waals surface area contributed by atoms with Crippen LogP contribution in [0.3, 0.4) is 0 Å². The molecule has 1 amide bonds. The number of anilines is 1. The van der Waals surface area contributed by atoms with Crippen LogP contribution in [0.5, 0.6) is 5.75 Å². The van der Waals surface area contributed by atoms with Gasteiger partial charge in [0.05, 0.1) is 35.2 Å². The predicted molar refractivity (Wildman–Crippen MR) is 188 cm³/mol. The van der Waals surface area contributed by atoms with Gasteiger partial charge in [-0.3, -0.25) is 4.79 Å². The molecule has 0 aliphatic carbocycles. The molecule has 0 radical (unpaired) electrons. The third kappa shape index (κ3) is 7.33. The smallest absolute Gasteiger partial charge is 0.337 e. The van der Waals surface area contributed by atoms with Crippen molar-refractivity contribution in [1.82, 2.24) is 14.6 Å². The lowest BCUT2D eigenvalue weighted by molar-refractivity contribution is -0.160. The molecule has 2 aromatic heterocycles. The van der Waals surface area contributed by atoms with Crippen LogP contribution in [0.4, 0.5) is 5.82 Å². The number of aromatic nitrogens is 3. The lowest BCUT2D eigenvalue weighted by atomic mass is 9.92. The van der Waals surface area contributed by atoms with Crippen molar-refractivity contribution >= 4 is 23.3 Å². The number of benzene rings is 2. The molecule has 2 atom stereocenters. The molecule has 0 unspecified atom stereocenters. The molecule has 6 bridgehead atoms. The highest BCUT2D eigenvalue weighted by atomic mass is 16.5. The van der Waals surface area contributed by atoms with Crippen LogP contribution in [0, 0.1) is 6.92 Å². The second kappa shape index (κ2) is 13.3. The third-order valence-electron chi connectivity index (χ3n) is 9.11. The number of piperidine rings is 1. The van der Waals surface area contributed by atoms with Crippen molar-refractivity contribution in [3.05, 3.63) is 77.5 Å². The monoisotopic (exact) mass is 667 g/mol. The molecule has 0 spiro atoms. The number of nitrogens with two attached hydrogens (primary N) is 1. The van der Waals surface area contributed by atoms with Gasteiger partial charge in [0.25, 0.3) is 0 Å². The number of primary amides is 1. The van der Waals surface area contributed by atoms with Gasteiger partial charge >= 0.3 is 5.97 Å². The molecule has 0 saturated carbocycles. The third-order valence-corrected chi connectivity index (χ3v) is 9.11. The van der Waals surface area contributed by atoms with Crippen LogP contribution in [0.15, 0.2) is 60.7 Å². The number of carboxylic acids is 1. The molecular weight excluding hydrogens is 622 g/mol. The number of hydrogen-bond donors (Lipinski definition) is 2. The van der Waals surface area contributed by atoms with Crippen molar-refractivity contribution in [2.24, 2.45) is 5.73 Å². The standard InChI is InChI=1S/C38H45N5O6/c1-23-10-7-8-19-47-38(6)15-17-42(18-16-38)35-32(33(36(45)46)49-37(3,4)5)24(2)40-31-22-29(41-43(31)35)26-12-9-11-25(20-26)28-21-27(34(39)44)13-14-30(28)48-23/h7-9,11-14,20-23,33H,10,15-19H2,1-6H3,(H2,39,44)(H,45,46)/b8-7+/t23-,33+/m1/s1. The fourth-order valence-corrected chi connectivity index (χ4v) is 6.52. The summed E-state index contributed by atoms with van der Waals surface area (Å²) < 4.78 is 20.8. The topological polar surface area (TPSA) is 142 Å². The number of nitrogens with zero attached hydrogens (tertiary/aromatic N) is 4. The minimum Gasteiger partial charge on any atom is -0.490 e. The van der Waals surface area contributed by atoms with E-state index in [0.717, 1.165) is 29.5 Å². The van der Waals surface area contributed by atoms with Gasteiger partial charge in [0, 0.05) is 48.0 Å². The highest BCUT2D eigenvalue weighted by Gasteiger charge is 2.37. The SMILES string of the molecule is Cc1nc2cc3nn2c(c1[C@H](OC(C)(C)C)C(=O)O)N1CCC(C)(CC1)OC/C=C/C[C@@H](C)Oc1ccc(C(N)=O)cc1-c1cccc-3c1. The summed E-state index contributed by atoms with van der Waals surface area (Å²) in [5.41, 5.74) is 9.62. The largest absolute Gasteiger partial charge is 0.490 e. The number of carboxylic acid groups (broad SMARTS) is 1. The Balaban J connectivity index is 1.56. The average molecular weight is 668 g/mol. The highest BCUT2D eigenvalue weighted by molar-refractivity contribution is 5.95. The summed E-state index contributed by atoms with van der Waals surface area (Å²) in [7, 11) is 0. The highest BCUT2D eigenvalue weighted by Crippen LogP contribution is 2.39. The Hall–Kier alpha value is -4.74. The molecule has 3 aliphatic heterocycles. The number of amides is 1. The van der Waals surface area contributed by atoms with Gasteiger partial charge in [0.2, 0.25) is 5.91 Å². The Bertz CT molecular complexity index is 1920. The normalized spacial score (nSPS) is 21.2. The quantitative estimate of drug-likeness (QED) is 0.233. The van der Waals surface area contributed by atoms with Crippen LogP contribution in [0.25, 0.3) is 28.0 Å². The van der Waals surface area contributed by atoms with Crippen LogP contribution in [-0.2, 0) is 14.3 Å². The Morgan fingerprint density at radius 1 is 1.08 bits per heavy atom. The van der Waals surface area contributed by atoms with Gasteiger partial charge in [-0.15, -0.1) is 0 Å². The Labute approximate surface area is 286 Å². The fourth-order valence-electron chi connectivity index (χ4n) is 6.52. The van der Waals surface area contributed by atoms with Crippen molar-refractivity contribution in [1.29, 1.82) is 0 Å². The first-order chi connectivity index (χ1) is 23.2. The second-order valence-electron chi connectivity index (χ2n) is 14.2. The molecule has 7 rings (SSSR count). The number of carbonyl (C=O) groups excluding carboxylic acids is 1. The average Bonchev–Trinajstić information content (AvgIpc) is 3.46. The second-order valence-corrected chi connectivity index (χ2v) is 14.2. The zero-order valence-corrected chi connectivity index (χ0v) is 29.0. The summed E-state index contributed by atoms with van der Waals surface area (Å²) in [6.45, 7) is 13.2. The van der Waals surface area contributed by atoms with E-state index in [0.29, 0.717) is 65.8 Å². The number of carbonyl (C=O) groups is 2. The number of aryl methyl sites for hydroxylation is 1. The van der Waals surface area contributed by atoms with Crippen molar-refractivity contribution < 1.29 is 28.9 Å². The zero-order valence-electron chi connectivity index (χ0n) is 29.0. The molecule has 11 nitrogen and oxygen atoms in total. The molecule has 258 valence electrons. The summed E-state index contributed by atoms with van der Waals surface area (Å²) in [4.78, 5) is 32.1. The van der Waals surface area contributed by atoms with Crippen LogP contribution in [0.2, 0.25) is 0 Å². The molecule has 1 saturated heterocycles. The molecule has 49 heavy (non-hydrogen) atoms. The Morgan fingerprint density at radius 2 is 1.82 bits per heavy atom. The molecule has 1 fully saturated rings. The maximum absolute atomic E-state index is 12.8. The molecule has 5 heterocycles. The van der Waals surface area contributed by atoms with Crippen molar-refractivity contribution in [3.63, 3.8) is 0 Å². The van der Waals surface area contributed by atoms with E-state index in [-0.39, 0.29) is 11.7 Å². The van der Waals surface area contributed by atoms with E-state index in [1.807, 2.05) is 71.0 Å². The molecular formula is C38H45N5O6. The van der Waals surface area contributed by atoms with Crippen LogP contribution in [-0.4, -0.2) is 68.6 Å². The first-order valence-electron chi connectivity index (χ1n) is 16.8. The number of hydrogen-bond acceptors (Lipinski definition) is 8. The maximum Gasteiger partial charge on any atom is 0.337 e. The molecule has 11 heteroatoms. The Morgan fingerprint density at radius 3 is 2.51 bits per heavy atom. The summed E-state index contributed by atoms with van der Waals surface area (Å²) in [6.07, 6.45) is 4.83. The summed E-state index contributed by atoms with van der Waals surface area (Å²) in [5.74, 6) is -0.343.